The molecule has 1 heterocycles. The summed E-state index contributed by atoms with van der Waals surface area (Å²) in [5.41, 5.74) is 1.03. The van der Waals surface area contributed by atoms with Crippen molar-refractivity contribution < 1.29 is 21.9 Å². The Bertz CT molecular complexity index is 465. The van der Waals surface area contributed by atoms with Crippen molar-refractivity contribution in [1.82, 2.24) is 15.1 Å². The van der Waals surface area contributed by atoms with Gasteiger partial charge in [-0.15, -0.1) is 4.68 Å². The van der Waals surface area contributed by atoms with E-state index in [9.17, 15) is 17.3 Å². The third-order valence-corrected chi connectivity index (χ3v) is 1.84. The van der Waals surface area contributed by atoms with E-state index in [0.717, 1.165) is 12.2 Å². The summed E-state index contributed by atoms with van der Waals surface area (Å²) in [6.45, 7) is 2.87. The van der Waals surface area contributed by atoms with Gasteiger partial charge in [-0.3, -0.25) is 0 Å². The van der Waals surface area contributed by atoms with Crippen LogP contribution < -0.4 is 4.68 Å². The van der Waals surface area contributed by atoms with Gasteiger partial charge < -0.3 is 17.3 Å². The molecule has 0 amide bonds. The van der Waals surface area contributed by atoms with E-state index in [1.54, 1.807) is 9.36 Å². The lowest BCUT2D eigenvalue weighted by molar-refractivity contribution is -0.751. The van der Waals surface area contributed by atoms with Gasteiger partial charge in [0.15, 0.2) is 5.21 Å². The number of halogens is 4. The average Bonchev–Trinajstić information content (AvgIpc) is 2.76. The van der Waals surface area contributed by atoms with Gasteiger partial charge >= 0.3 is 7.25 Å². The Morgan fingerprint density at radius 1 is 1.17 bits per heavy atom. The minimum Gasteiger partial charge on any atom is -0.418 e. The maximum absolute atomic E-state index is 9.75. The average molecular weight is 262 g/mol. The van der Waals surface area contributed by atoms with E-state index in [0.29, 0.717) is 0 Å². The molecule has 18 heavy (non-hydrogen) atoms. The van der Waals surface area contributed by atoms with Crippen LogP contribution in [-0.2, 0) is 6.54 Å². The lowest BCUT2D eigenvalue weighted by atomic mass is 10.3. The van der Waals surface area contributed by atoms with Crippen molar-refractivity contribution in [3.63, 3.8) is 0 Å². The fraction of sp³-hybridized carbons (Fsp3) is 0.222. The highest BCUT2D eigenvalue weighted by Gasteiger charge is 2.20. The molecule has 0 bridgehead atoms. The van der Waals surface area contributed by atoms with E-state index < -0.39 is 7.25 Å². The van der Waals surface area contributed by atoms with E-state index >= 15 is 0 Å². The molecule has 0 spiro atoms. The van der Waals surface area contributed by atoms with Crippen molar-refractivity contribution in [2.75, 3.05) is 0 Å². The molecule has 0 aliphatic heterocycles. The lowest BCUT2D eigenvalue weighted by Crippen LogP contribution is -2.33. The minimum atomic E-state index is -6.00. The summed E-state index contributed by atoms with van der Waals surface area (Å²) in [6.07, 6.45) is 1.87. The van der Waals surface area contributed by atoms with Gasteiger partial charge in [0.2, 0.25) is 6.33 Å². The van der Waals surface area contributed by atoms with E-state index in [-0.39, 0.29) is 0 Å². The molecule has 98 valence electrons. The van der Waals surface area contributed by atoms with Crippen LogP contribution in [0, 0.1) is 0 Å². The molecule has 0 N–H and O–H groups in total. The summed E-state index contributed by atoms with van der Waals surface area (Å²) in [4.78, 5) is 0. The van der Waals surface area contributed by atoms with E-state index in [1.807, 2.05) is 43.6 Å². The van der Waals surface area contributed by atoms with Crippen molar-refractivity contribution >= 4 is 7.25 Å². The van der Waals surface area contributed by atoms with Crippen molar-refractivity contribution in [3.05, 3.63) is 36.7 Å². The van der Waals surface area contributed by atoms with Crippen LogP contribution in [-0.4, -0.2) is 22.4 Å². The molecule has 0 unspecified atom stereocenters. The Kier molecular flexibility index (Phi) is 4.81. The SMILES string of the molecule is CC[n+]1cn(-c2ccccc2)nn1.F[B-](F)(F)F. The monoisotopic (exact) mass is 262 g/mol. The molecule has 4 nitrogen and oxygen atoms in total. The number of benzene rings is 1. The van der Waals surface area contributed by atoms with Crippen molar-refractivity contribution in [3.8, 4) is 5.69 Å². The first-order valence-electron chi connectivity index (χ1n) is 5.15. The molecule has 0 saturated heterocycles. The fourth-order valence-electron chi connectivity index (χ4n) is 1.11. The molecule has 0 fully saturated rings. The van der Waals surface area contributed by atoms with Crippen LogP contribution in [0.2, 0.25) is 0 Å². The maximum atomic E-state index is 9.75. The Morgan fingerprint density at radius 2 is 1.72 bits per heavy atom. The molecule has 0 saturated carbocycles. The zero-order valence-corrected chi connectivity index (χ0v) is 9.55. The van der Waals surface area contributed by atoms with Gasteiger partial charge in [0.05, 0.1) is 6.54 Å². The highest BCUT2D eigenvalue weighted by molar-refractivity contribution is 6.50. The third-order valence-electron chi connectivity index (χ3n) is 1.84. The highest BCUT2D eigenvalue weighted by atomic mass is 19.5. The van der Waals surface area contributed by atoms with Crippen LogP contribution >= 0.6 is 0 Å². The molecule has 1 aromatic heterocycles. The van der Waals surface area contributed by atoms with Gasteiger partial charge in [0.1, 0.15) is 10.9 Å². The topological polar surface area (TPSA) is 34.6 Å². The number of aromatic nitrogens is 4. The zero-order chi connectivity index (χ0) is 13.6. The second kappa shape index (κ2) is 6.13. The summed E-state index contributed by atoms with van der Waals surface area (Å²) < 4.78 is 42.5. The van der Waals surface area contributed by atoms with E-state index in [4.69, 9.17) is 0 Å². The molecule has 2 aromatic rings. The van der Waals surface area contributed by atoms with Crippen LogP contribution in [0.25, 0.3) is 5.69 Å². The maximum Gasteiger partial charge on any atom is 0.673 e. The number of hydrogen-bond donors (Lipinski definition) is 0. The largest absolute Gasteiger partial charge is 0.673 e. The number of para-hydroxylation sites is 1. The van der Waals surface area contributed by atoms with Crippen LogP contribution in [0.15, 0.2) is 36.7 Å². The molecule has 9 heteroatoms. The van der Waals surface area contributed by atoms with E-state index in [2.05, 4.69) is 10.4 Å². The number of tetrazole rings is 1. The predicted molar refractivity (Wildman–Crippen MR) is 57.4 cm³/mol. The predicted octanol–water partition coefficient (Wildman–Crippen LogP) is 1.87. The van der Waals surface area contributed by atoms with Crippen LogP contribution in [0.5, 0.6) is 0 Å². The summed E-state index contributed by atoms with van der Waals surface area (Å²) in [5.74, 6) is 0. The summed E-state index contributed by atoms with van der Waals surface area (Å²) in [5, 5.41) is 7.93. The minimum absolute atomic E-state index is 0.840. The van der Waals surface area contributed by atoms with Crippen LogP contribution in [0.4, 0.5) is 17.3 Å². The standard InChI is InChI=1S/C9H11N4.BF4/c1-2-12-8-13(11-10-12)9-6-4-3-5-7-9;2-1(3,4)5/h3-8H,2H2,1H3;/q+1;-1. The molecular weight excluding hydrogens is 251 g/mol. The molecule has 0 radical (unpaired) electrons. The van der Waals surface area contributed by atoms with Gasteiger partial charge in [-0.05, 0) is 19.1 Å². The van der Waals surface area contributed by atoms with E-state index in [1.165, 1.54) is 0 Å². The van der Waals surface area contributed by atoms with Gasteiger partial charge in [-0.2, -0.15) is 0 Å². The fourth-order valence-corrected chi connectivity index (χ4v) is 1.11. The summed E-state index contributed by atoms with van der Waals surface area (Å²) in [7, 11) is -6.00. The van der Waals surface area contributed by atoms with Crippen molar-refractivity contribution in [2.24, 2.45) is 0 Å². The van der Waals surface area contributed by atoms with Gasteiger partial charge in [-0.25, -0.2) is 0 Å². The normalized spacial score (nSPS) is 10.7. The quantitative estimate of drug-likeness (QED) is 0.470. The molecular formula is C9H11BF4N4. The number of rotatable bonds is 2. The van der Waals surface area contributed by atoms with Crippen molar-refractivity contribution in [2.45, 2.75) is 13.5 Å². The Hall–Kier alpha value is -1.93. The Morgan fingerprint density at radius 3 is 2.17 bits per heavy atom. The molecule has 0 aliphatic carbocycles. The second-order valence-electron chi connectivity index (χ2n) is 3.23. The first-order valence-corrected chi connectivity index (χ1v) is 5.15. The highest BCUT2D eigenvalue weighted by Crippen LogP contribution is 2.06. The number of nitrogens with zero attached hydrogens (tertiary/aromatic N) is 4. The van der Waals surface area contributed by atoms with Gasteiger partial charge in [0, 0.05) is 0 Å². The molecule has 2 rings (SSSR count). The summed E-state index contributed by atoms with van der Waals surface area (Å²) in [6, 6.07) is 9.93. The zero-order valence-electron chi connectivity index (χ0n) is 9.55. The Balaban J connectivity index is 0.000000280. The third kappa shape index (κ3) is 5.42. The lowest BCUT2D eigenvalue weighted by Gasteiger charge is -1.94. The molecule has 0 aliphatic rings. The smallest absolute Gasteiger partial charge is 0.418 e. The molecule has 0 atom stereocenters. The van der Waals surface area contributed by atoms with Crippen LogP contribution in [0.1, 0.15) is 6.92 Å². The first-order chi connectivity index (χ1) is 8.40. The first kappa shape index (κ1) is 14.1. The van der Waals surface area contributed by atoms with Gasteiger partial charge in [-0.1, -0.05) is 22.9 Å². The van der Waals surface area contributed by atoms with Crippen LogP contribution in [0.3, 0.4) is 0 Å². The van der Waals surface area contributed by atoms with Crippen molar-refractivity contribution in [1.29, 1.82) is 0 Å². The summed E-state index contributed by atoms with van der Waals surface area (Å²) >= 11 is 0. The Labute approximate surface area is 101 Å². The number of aryl methyl sites for hydroxylation is 1. The molecule has 1 aromatic carbocycles. The second-order valence-corrected chi connectivity index (χ2v) is 3.23. The van der Waals surface area contributed by atoms with Gasteiger partial charge in [0.25, 0.3) is 0 Å². The number of hydrogen-bond acceptors (Lipinski definition) is 2.